The van der Waals surface area contributed by atoms with Gasteiger partial charge in [-0.05, 0) is 36.4 Å². The van der Waals surface area contributed by atoms with Crippen LogP contribution in [0.3, 0.4) is 0 Å². The van der Waals surface area contributed by atoms with Crippen LogP contribution < -0.4 is 9.47 Å². The standard InChI is InChI=1S/C16H9ClO6/c17-11-6-5-10(22-15(18)12-3-1-7-20-12)9-14(11)23-16(19)13-4-2-8-21-13/h1-9H. The van der Waals surface area contributed by atoms with E-state index in [0.29, 0.717) is 0 Å². The molecule has 3 rings (SSSR count). The lowest BCUT2D eigenvalue weighted by Crippen LogP contribution is -2.09. The van der Waals surface area contributed by atoms with E-state index in [4.69, 9.17) is 29.9 Å². The van der Waals surface area contributed by atoms with Crippen LogP contribution in [0, 0.1) is 0 Å². The zero-order valence-electron chi connectivity index (χ0n) is 11.5. The fraction of sp³-hybridized carbons (Fsp3) is 0. The highest BCUT2D eigenvalue weighted by atomic mass is 35.5. The molecule has 0 amide bonds. The Morgan fingerprint density at radius 1 is 0.870 bits per heavy atom. The highest BCUT2D eigenvalue weighted by molar-refractivity contribution is 6.32. The molecule has 1 aromatic carbocycles. The van der Waals surface area contributed by atoms with E-state index in [0.717, 1.165) is 0 Å². The van der Waals surface area contributed by atoms with Crippen molar-refractivity contribution in [3.8, 4) is 11.5 Å². The van der Waals surface area contributed by atoms with Crippen LogP contribution in [0.2, 0.25) is 5.02 Å². The molecule has 2 aromatic heterocycles. The van der Waals surface area contributed by atoms with E-state index in [1.165, 1.54) is 42.9 Å². The Bertz CT molecular complexity index is 820. The SMILES string of the molecule is O=C(Oc1ccc(Cl)c(OC(=O)c2ccco2)c1)c1ccco1. The summed E-state index contributed by atoms with van der Waals surface area (Å²) in [5.41, 5.74) is 0. The van der Waals surface area contributed by atoms with E-state index in [2.05, 4.69) is 0 Å². The number of rotatable bonds is 4. The summed E-state index contributed by atoms with van der Waals surface area (Å²) < 4.78 is 20.1. The molecule has 0 bridgehead atoms. The van der Waals surface area contributed by atoms with Crippen molar-refractivity contribution in [2.45, 2.75) is 0 Å². The first-order valence-electron chi connectivity index (χ1n) is 6.44. The molecule has 0 fully saturated rings. The minimum atomic E-state index is -0.716. The molecule has 0 spiro atoms. The van der Waals surface area contributed by atoms with Gasteiger partial charge in [0.15, 0.2) is 5.75 Å². The molecule has 0 N–H and O–H groups in total. The fourth-order valence-corrected chi connectivity index (χ4v) is 1.88. The maximum absolute atomic E-state index is 11.9. The van der Waals surface area contributed by atoms with E-state index in [1.807, 2.05) is 0 Å². The second kappa shape index (κ2) is 6.41. The van der Waals surface area contributed by atoms with E-state index in [-0.39, 0.29) is 28.0 Å². The van der Waals surface area contributed by atoms with E-state index in [1.54, 1.807) is 12.1 Å². The summed E-state index contributed by atoms with van der Waals surface area (Å²) in [6, 6.07) is 10.3. The third-order valence-corrected chi connectivity index (χ3v) is 3.07. The lowest BCUT2D eigenvalue weighted by atomic mass is 10.3. The molecule has 0 saturated heterocycles. The molecular weight excluding hydrogens is 324 g/mol. The molecule has 2 heterocycles. The highest BCUT2D eigenvalue weighted by Crippen LogP contribution is 2.30. The van der Waals surface area contributed by atoms with Crippen molar-refractivity contribution < 1.29 is 27.9 Å². The molecule has 116 valence electrons. The largest absolute Gasteiger partial charge is 0.457 e. The number of halogens is 1. The Morgan fingerprint density at radius 2 is 1.48 bits per heavy atom. The Balaban J connectivity index is 1.76. The highest BCUT2D eigenvalue weighted by Gasteiger charge is 2.16. The van der Waals surface area contributed by atoms with Crippen LogP contribution >= 0.6 is 11.6 Å². The summed E-state index contributed by atoms with van der Waals surface area (Å²) in [5.74, 6) is -1.13. The van der Waals surface area contributed by atoms with Gasteiger partial charge in [-0.15, -0.1) is 0 Å². The van der Waals surface area contributed by atoms with Gasteiger partial charge in [-0.3, -0.25) is 0 Å². The summed E-state index contributed by atoms with van der Waals surface area (Å²) in [6.07, 6.45) is 2.70. The van der Waals surface area contributed by atoms with Gasteiger partial charge in [0.2, 0.25) is 11.5 Å². The molecule has 0 atom stereocenters. The van der Waals surface area contributed by atoms with Crippen LogP contribution in [0.1, 0.15) is 21.1 Å². The molecule has 0 radical (unpaired) electrons. The maximum atomic E-state index is 11.9. The predicted octanol–water partition coefficient (Wildman–Crippen LogP) is 3.96. The van der Waals surface area contributed by atoms with E-state index >= 15 is 0 Å². The van der Waals surface area contributed by atoms with Gasteiger partial charge in [-0.1, -0.05) is 11.6 Å². The van der Waals surface area contributed by atoms with Gasteiger partial charge in [0.05, 0.1) is 17.5 Å². The van der Waals surface area contributed by atoms with Crippen LogP contribution in [0.5, 0.6) is 11.5 Å². The average molecular weight is 333 g/mol. The molecule has 3 aromatic rings. The van der Waals surface area contributed by atoms with Gasteiger partial charge in [-0.25, -0.2) is 9.59 Å². The summed E-state index contributed by atoms with van der Waals surface area (Å²) in [6.45, 7) is 0. The molecule has 23 heavy (non-hydrogen) atoms. The van der Waals surface area contributed by atoms with Crippen molar-refractivity contribution in [3.63, 3.8) is 0 Å². The first-order chi connectivity index (χ1) is 11.1. The molecule has 0 aliphatic heterocycles. The third kappa shape index (κ3) is 3.44. The Labute approximate surface area is 135 Å². The number of carbonyl (C=O) groups is 2. The number of carbonyl (C=O) groups excluding carboxylic acids is 2. The monoisotopic (exact) mass is 332 g/mol. The van der Waals surface area contributed by atoms with Gasteiger partial charge in [0.25, 0.3) is 0 Å². The van der Waals surface area contributed by atoms with Gasteiger partial charge in [-0.2, -0.15) is 0 Å². The Morgan fingerprint density at radius 3 is 2.04 bits per heavy atom. The number of hydrogen-bond donors (Lipinski definition) is 0. The Kier molecular flexibility index (Phi) is 4.16. The van der Waals surface area contributed by atoms with Crippen LogP contribution in [0.25, 0.3) is 0 Å². The quantitative estimate of drug-likeness (QED) is 0.531. The number of hydrogen-bond acceptors (Lipinski definition) is 6. The summed E-state index contributed by atoms with van der Waals surface area (Å²) in [5, 5.41) is 0.183. The first kappa shape index (κ1) is 14.9. The molecule has 6 nitrogen and oxygen atoms in total. The first-order valence-corrected chi connectivity index (χ1v) is 6.82. The third-order valence-electron chi connectivity index (χ3n) is 2.76. The van der Waals surface area contributed by atoms with Crippen molar-refractivity contribution in [1.82, 2.24) is 0 Å². The second-order valence-corrected chi connectivity index (χ2v) is 4.73. The van der Waals surface area contributed by atoms with Crippen molar-refractivity contribution in [1.29, 1.82) is 0 Å². The second-order valence-electron chi connectivity index (χ2n) is 4.33. The van der Waals surface area contributed by atoms with Crippen LogP contribution in [-0.2, 0) is 0 Å². The molecule has 0 aliphatic rings. The van der Waals surface area contributed by atoms with Gasteiger partial charge in [0.1, 0.15) is 5.75 Å². The average Bonchev–Trinajstić information content (AvgIpc) is 3.23. The zero-order chi connectivity index (χ0) is 16.2. The summed E-state index contributed by atoms with van der Waals surface area (Å²) >= 11 is 5.97. The molecular formula is C16H9ClO6. The van der Waals surface area contributed by atoms with Crippen molar-refractivity contribution in [3.05, 3.63) is 71.5 Å². The molecule has 0 aliphatic carbocycles. The van der Waals surface area contributed by atoms with Crippen molar-refractivity contribution in [2.24, 2.45) is 0 Å². The number of esters is 2. The van der Waals surface area contributed by atoms with Crippen molar-refractivity contribution >= 4 is 23.5 Å². The normalized spacial score (nSPS) is 10.3. The molecule has 0 unspecified atom stereocenters. The minimum absolute atomic E-state index is 0.0269. The number of ether oxygens (including phenoxy) is 2. The van der Waals surface area contributed by atoms with E-state index < -0.39 is 11.9 Å². The van der Waals surface area contributed by atoms with Crippen molar-refractivity contribution in [2.75, 3.05) is 0 Å². The number of benzene rings is 1. The van der Waals surface area contributed by atoms with Gasteiger partial charge in [0, 0.05) is 6.07 Å². The maximum Gasteiger partial charge on any atom is 0.379 e. The predicted molar refractivity (Wildman–Crippen MR) is 78.8 cm³/mol. The summed E-state index contributed by atoms with van der Waals surface area (Å²) in [7, 11) is 0. The van der Waals surface area contributed by atoms with Crippen LogP contribution in [0.4, 0.5) is 0 Å². The molecule has 7 heteroatoms. The fourth-order valence-electron chi connectivity index (χ4n) is 1.72. The van der Waals surface area contributed by atoms with Crippen LogP contribution in [0.15, 0.2) is 63.8 Å². The smallest absolute Gasteiger partial charge is 0.379 e. The van der Waals surface area contributed by atoms with Gasteiger partial charge < -0.3 is 18.3 Å². The van der Waals surface area contributed by atoms with E-state index in [9.17, 15) is 9.59 Å². The lowest BCUT2D eigenvalue weighted by molar-refractivity contribution is 0.0698. The Hall–Kier alpha value is -2.99. The topological polar surface area (TPSA) is 78.9 Å². The number of furan rings is 2. The molecule has 0 saturated carbocycles. The summed E-state index contributed by atoms with van der Waals surface area (Å²) in [4.78, 5) is 23.7. The van der Waals surface area contributed by atoms with Gasteiger partial charge >= 0.3 is 11.9 Å². The lowest BCUT2D eigenvalue weighted by Gasteiger charge is -2.07. The minimum Gasteiger partial charge on any atom is -0.457 e. The van der Waals surface area contributed by atoms with Crippen LogP contribution in [-0.4, -0.2) is 11.9 Å². The zero-order valence-corrected chi connectivity index (χ0v) is 12.3.